The van der Waals surface area contributed by atoms with Gasteiger partial charge in [0.2, 0.25) is 0 Å². The Kier molecular flexibility index (Phi) is 4.04. The summed E-state index contributed by atoms with van der Waals surface area (Å²) in [6.07, 6.45) is -1.15. The Bertz CT molecular complexity index is 195. The van der Waals surface area contributed by atoms with Crippen LogP contribution in [0.2, 0.25) is 0 Å². The molecule has 0 aromatic rings. The van der Waals surface area contributed by atoms with Crippen LogP contribution < -0.4 is 0 Å². The second kappa shape index (κ2) is 4.13. The normalized spacial score (nSPS) is 12.4. The van der Waals surface area contributed by atoms with E-state index >= 15 is 0 Å². The van der Waals surface area contributed by atoms with Gasteiger partial charge in [-0.25, -0.2) is 0 Å². The zero-order chi connectivity index (χ0) is 9.83. The minimum Gasteiger partial charge on any atom is -0.199 e. The van der Waals surface area contributed by atoms with Crippen LogP contribution in [-0.2, 0) is 0 Å². The molecule has 0 fully saturated rings. The maximum absolute atomic E-state index is 12.3. The molecule has 0 bridgehead atoms. The Balaban J connectivity index is 4.13. The molecule has 8 heteroatoms. The van der Waals surface area contributed by atoms with Crippen LogP contribution in [0.4, 0.5) is 17.6 Å². The van der Waals surface area contributed by atoms with E-state index in [0.29, 0.717) is 22.6 Å². The molecule has 0 heterocycles. The molecule has 0 aliphatic carbocycles. The quantitative estimate of drug-likeness (QED) is 0.191. The van der Waals surface area contributed by atoms with Crippen LogP contribution in [0, 0.1) is 0 Å². The van der Waals surface area contributed by atoms with Crippen molar-refractivity contribution in [3.8, 4) is 0 Å². The number of halogens is 5. The molecule has 0 atom stereocenters. The summed E-state index contributed by atoms with van der Waals surface area (Å²) in [6.45, 7) is -0.637. The third kappa shape index (κ3) is 3.44. The molecule has 0 spiro atoms. The molecule has 0 aliphatic heterocycles. The van der Waals surface area contributed by atoms with Gasteiger partial charge in [-0.2, -0.15) is 17.6 Å². The third-order valence-electron chi connectivity index (χ3n) is 1.00. The van der Waals surface area contributed by atoms with Crippen molar-refractivity contribution >= 4 is 22.6 Å². The first kappa shape index (κ1) is 11.8. The smallest absolute Gasteiger partial charge is 0.199 e. The van der Waals surface area contributed by atoms with Gasteiger partial charge in [-0.05, 0) is 5.53 Å². The van der Waals surface area contributed by atoms with Gasteiger partial charge in [0, 0.05) is 40.5 Å². The fourth-order valence-electron chi connectivity index (χ4n) is 0.377. The summed E-state index contributed by atoms with van der Waals surface area (Å²) >= 11 is 0.353. The van der Waals surface area contributed by atoms with E-state index in [0.717, 1.165) is 0 Å². The van der Waals surface area contributed by atoms with Gasteiger partial charge in [-0.1, -0.05) is 5.11 Å². The largest absolute Gasteiger partial charge is 0.358 e. The highest BCUT2D eigenvalue weighted by molar-refractivity contribution is 14.1. The molecule has 0 rings (SSSR count). The van der Waals surface area contributed by atoms with E-state index in [4.69, 9.17) is 5.53 Å². The van der Waals surface area contributed by atoms with Crippen LogP contribution in [0.25, 0.3) is 10.4 Å². The number of hydrogen-bond donors (Lipinski definition) is 0. The molecule has 12 heavy (non-hydrogen) atoms. The predicted molar refractivity (Wildman–Crippen MR) is 42.5 cm³/mol. The lowest BCUT2D eigenvalue weighted by Gasteiger charge is -2.20. The lowest BCUT2D eigenvalue weighted by molar-refractivity contribution is -0.142. The Morgan fingerprint density at radius 3 is 2.17 bits per heavy atom. The molecule has 0 radical (unpaired) electrons. The van der Waals surface area contributed by atoms with Crippen molar-refractivity contribution in [3.05, 3.63) is 10.4 Å². The third-order valence-corrected chi connectivity index (χ3v) is 1.79. The van der Waals surface area contributed by atoms with E-state index < -0.39 is 22.8 Å². The second-order valence-electron chi connectivity index (χ2n) is 1.91. The lowest BCUT2D eigenvalue weighted by Crippen LogP contribution is -2.35. The minimum atomic E-state index is -4.12. The zero-order valence-corrected chi connectivity index (χ0v) is 7.80. The molecule has 0 aliphatic rings. The number of alkyl halides is 5. The standard InChI is InChI=1S/C4H4F4IN3/c5-3(6,4(7,8)9)1-2-11-12-10/h1-2H2. The predicted octanol–water partition coefficient (Wildman–Crippen LogP) is 3.35. The number of nitrogens with zero attached hydrogens (tertiary/aromatic N) is 3. The first-order valence-electron chi connectivity index (χ1n) is 2.76. The molecule has 70 valence electrons. The lowest BCUT2D eigenvalue weighted by atomic mass is 10.2. The van der Waals surface area contributed by atoms with Gasteiger partial charge in [-0.3, -0.25) is 0 Å². The molecule has 0 unspecified atom stereocenters. The molecular formula is C4H4F4IN3. The Hall–Kier alpha value is -0.240. The summed E-state index contributed by atoms with van der Waals surface area (Å²) in [7, 11) is 0. The van der Waals surface area contributed by atoms with E-state index in [-0.39, 0.29) is 0 Å². The van der Waals surface area contributed by atoms with Gasteiger partial charge in [-0.15, -0.1) is 0 Å². The van der Waals surface area contributed by atoms with Crippen molar-refractivity contribution in [1.82, 2.24) is 0 Å². The van der Waals surface area contributed by atoms with Crippen molar-refractivity contribution in [3.63, 3.8) is 0 Å². The highest BCUT2D eigenvalue weighted by Gasteiger charge is 2.53. The summed E-state index contributed by atoms with van der Waals surface area (Å²) in [5, 5.41) is 2.73. The summed E-state index contributed by atoms with van der Waals surface area (Å²) < 4.78 is 44.6. The van der Waals surface area contributed by atoms with Gasteiger partial charge < -0.3 is 0 Å². The summed E-state index contributed by atoms with van der Waals surface area (Å²) in [4.78, 5) is 2.17. The van der Waals surface area contributed by atoms with E-state index in [2.05, 4.69) is 10.0 Å². The van der Waals surface area contributed by atoms with Crippen molar-refractivity contribution in [2.24, 2.45) is 5.11 Å². The first-order chi connectivity index (χ1) is 5.31. The van der Waals surface area contributed by atoms with Crippen molar-refractivity contribution in [1.29, 1.82) is 0 Å². The second-order valence-corrected chi connectivity index (χ2v) is 3.26. The number of azide groups is 1. The van der Waals surface area contributed by atoms with E-state index in [1.165, 1.54) is 0 Å². The average molecular weight is 297 g/mol. The van der Waals surface area contributed by atoms with Crippen LogP contribution in [0.15, 0.2) is 5.11 Å². The highest BCUT2D eigenvalue weighted by Crippen LogP contribution is 2.41. The number of rotatable bonds is 4. The van der Waals surface area contributed by atoms with Gasteiger partial charge in [0.1, 0.15) is 0 Å². The van der Waals surface area contributed by atoms with Crippen LogP contribution in [0.5, 0.6) is 0 Å². The van der Waals surface area contributed by atoms with E-state index in [1.807, 2.05) is 0 Å². The fraction of sp³-hybridized carbons (Fsp3) is 1.00. The molecular weight excluding hydrogens is 293 g/mol. The van der Waals surface area contributed by atoms with Crippen LogP contribution in [0.3, 0.4) is 0 Å². The monoisotopic (exact) mass is 297 g/mol. The Labute approximate surface area is 78.9 Å². The van der Waals surface area contributed by atoms with Gasteiger partial charge >= 0.3 is 9.85 Å². The summed E-state index contributed by atoms with van der Waals surface area (Å²) in [6, 6.07) is 0. The molecule has 0 saturated heterocycles. The van der Waals surface area contributed by atoms with Crippen molar-refractivity contribution in [2.75, 3.05) is 6.54 Å². The topological polar surface area (TPSA) is 48.8 Å². The minimum absolute atomic E-state index is 0.353. The highest BCUT2D eigenvalue weighted by atomic mass is 127. The van der Waals surface area contributed by atoms with Crippen LogP contribution in [0.1, 0.15) is 6.42 Å². The molecule has 0 N–H and O–H groups in total. The first-order valence-corrected chi connectivity index (χ1v) is 3.84. The van der Waals surface area contributed by atoms with Crippen molar-refractivity contribution < 1.29 is 17.6 Å². The average Bonchev–Trinajstić information content (AvgIpc) is 1.85. The summed E-state index contributed by atoms with van der Waals surface area (Å²) in [5.41, 5.74) is 7.69. The maximum atomic E-state index is 12.3. The van der Waals surface area contributed by atoms with Gasteiger partial charge in [0.25, 0.3) is 0 Å². The van der Waals surface area contributed by atoms with Crippen LogP contribution >= 0.6 is 22.6 Å². The molecule has 0 saturated carbocycles. The van der Waals surface area contributed by atoms with Crippen molar-refractivity contribution in [2.45, 2.75) is 16.3 Å². The summed E-state index contributed by atoms with van der Waals surface area (Å²) in [5.74, 6) is -4.12. The zero-order valence-electron chi connectivity index (χ0n) is 5.65. The SMILES string of the molecule is [N-]=[N+]=NCCC(F)(F)C(F)(F)I. The maximum Gasteiger partial charge on any atom is 0.358 e. The fourth-order valence-corrected chi connectivity index (χ4v) is 0.647. The molecule has 0 aromatic heterocycles. The van der Waals surface area contributed by atoms with Gasteiger partial charge in [0.05, 0.1) is 0 Å². The van der Waals surface area contributed by atoms with E-state index in [9.17, 15) is 17.6 Å². The van der Waals surface area contributed by atoms with Gasteiger partial charge in [0.15, 0.2) is 0 Å². The molecule has 0 aromatic carbocycles. The Morgan fingerprint density at radius 2 is 1.83 bits per heavy atom. The Morgan fingerprint density at radius 1 is 1.33 bits per heavy atom. The molecule has 0 amide bonds. The molecule has 3 nitrogen and oxygen atoms in total. The van der Waals surface area contributed by atoms with E-state index in [1.54, 1.807) is 0 Å². The van der Waals surface area contributed by atoms with Crippen LogP contribution in [-0.4, -0.2) is 16.4 Å². The number of hydrogen-bond acceptors (Lipinski definition) is 1.